The van der Waals surface area contributed by atoms with E-state index in [1.165, 1.54) is 25.1 Å². The van der Waals surface area contributed by atoms with E-state index in [2.05, 4.69) is 22.5 Å². The van der Waals surface area contributed by atoms with Crippen LogP contribution in [0.25, 0.3) is 0 Å². The molecule has 10 nitrogen and oxygen atoms in total. The van der Waals surface area contributed by atoms with Crippen LogP contribution in [0, 0.1) is 5.92 Å². The van der Waals surface area contributed by atoms with Crippen molar-refractivity contribution < 1.29 is 23.9 Å². The maximum atomic E-state index is 12.7. The number of nitrogens with one attached hydrogen (secondary N) is 3. The summed E-state index contributed by atoms with van der Waals surface area (Å²) in [6.45, 7) is 7.02. The van der Waals surface area contributed by atoms with Crippen LogP contribution >= 0.6 is 0 Å². The minimum atomic E-state index is -1.64. The Hall–Kier alpha value is -3.56. The van der Waals surface area contributed by atoms with Crippen molar-refractivity contribution in [2.45, 2.75) is 26.7 Å². The Kier molecular flexibility index (Phi) is 9.87. The van der Waals surface area contributed by atoms with E-state index >= 15 is 0 Å². The van der Waals surface area contributed by atoms with E-state index in [0.29, 0.717) is 24.3 Å². The van der Waals surface area contributed by atoms with Gasteiger partial charge in [0.1, 0.15) is 6.61 Å². The zero-order chi connectivity index (χ0) is 22.7. The van der Waals surface area contributed by atoms with Crippen molar-refractivity contribution in [3.8, 4) is 0 Å². The van der Waals surface area contributed by atoms with E-state index in [1.807, 2.05) is 6.92 Å². The number of amides is 3. The highest BCUT2D eigenvalue weighted by molar-refractivity contribution is 6.20. The van der Waals surface area contributed by atoms with E-state index in [4.69, 9.17) is 16.2 Å². The van der Waals surface area contributed by atoms with E-state index in [1.54, 1.807) is 0 Å². The van der Waals surface area contributed by atoms with Crippen LogP contribution in [0.5, 0.6) is 0 Å². The summed E-state index contributed by atoms with van der Waals surface area (Å²) in [7, 11) is 0. The molecule has 0 aliphatic rings. The molecule has 0 spiro atoms. The molecular formula is C20H29N5O5. The average molecular weight is 419 g/mol. The van der Waals surface area contributed by atoms with Gasteiger partial charge >= 0.3 is 5.97 Å². The molecule has 10 heteroatoms. The Balaban J connectivity index is 2.81. The second-order valence-corrected chi connectivity index (χ2v) is 6.62. The van der Waals surface area contributed by atoms with Crippen LogP contribution in [0.15, 0.2) is 30.4 Å². The van der Waals surface area contributed by atoms with Crippen LogP contribution in [0.4, 0.5) is 17.1 Å². The van der Waals surface area contributed by atoms with Gasteiger partial charge in [-0.15, -0.1) is 0 Å². The van der Waals surface area contributed by atoms with Crippen LogP contribution in [0.3, 0.4) is 0 Å². The molecular weight excluding hydrogens is 390 g/mol. The smallest absolute Gasteiger partial charge is 0.333 e. The first kappa shape index (κ1) is 24.5. The lowest BCUT2D eigenvalue weighted by Gasteiger charge is -2.17. The number of ether oxygens (including phenoxy) is 1. The van der Waals surface area contributed by atoms with Gasteiger partial charge in [0, 0.05) is 17.8 Å². The monoisotopic (exact) mass is 419 g/mol. The Morgan fingerprint density at radius 1 is 1.03 bits per heavy atom. The summed E-state index contributed by atoms with van der Waals surface area (Å²) in [6, 6.07) is 4.43. The molecule has 1 atom stereocenters. The van der Waals surface area contributed by atoms with Gasteiger partial charge in [0.2, 0.25) is 17.7 Å². The first-order valence-electron chi connectivity index (χ1n) is 9.51. The van der Waals surface area contributed by atoms with E-state index in [0.717, 1.165) is 6.42 Å². The van der Waals surface area contributed by atoms with Gasteiger partial charge in [0.05, 0.1) is 17.9 Å². The lowest BCUT2D eigenvalue weighted by molar-refractivity contribution is -0.143. The van der Waals surface area contributed by atoms with Gasteiger partial charge in [-0.05, 0) is 31.5 Å². The SMILES string of the molecule is C=C(C)C(=O)OCCNC(=O)C(C(=O)NCCCC)C(=O)Nc1ccc(N)c(N)c1. The van der Waals surface area contributed by atoms with Gasteiger partial charge in [-0.2, -0.15) is 0 Å². The highest BCUT2D eigenvalue weighted by Crippen LogP contribution is 2.20. The number of hydrogen-bond acceptors (Lipinski definition) is 7. The predicted octanol–water partition coefficient (Wildman–Crippen LogP) is 0.558. The van der Waals surface area contributed by atoms with E-state index < -0.39 is 29.6 Å². The number of unbranched alkanes of at least 4 members (excludes halogenated alkanes) is 1. The molecule has 30 heavy (non-hydrogen) atoms. The lowest BCUT2D eigenvalue weighted by atomic mass is 10.1. The van der Waals surface area contributed by atoms with Crippen molar-refractivity contribution in [1.29, 1.82) is 0 Å². The molecule has 0 radical (unpaired) electrons. The summed E-state index contributed by atoms with van der Waals surface area (Å²) in [5, 5.41) is 7.49. The largest absolute Gasteiger partial charge is 0.460 e. The van der Waals surface area contributed by atoms with Crippen molar-refractivity contribution in [2.75, 3.05) is 36.5 Å². The topological polar surface area (TPSA) is 166 Å². The lowest BCUT2D eigenvalue weighted by Crippen LogP contribution is -2.48. The Morgan fingerprint density at radius 3 is 2.23 bits per heavy atom. The molecule has 1 rings (SSSR count). The standard InChI is InChI=1S/C20H29N5O5/c1-4-5-8-23-17(26)16(18(27)24-9-10-30-20(29)12(2)3)19(28)25-13-6-7-14(21)15(22)11-13/h6-7,11,16H,2,4-5,8-10,21-22H2,1,3H3,(H,23,26)(H,24,27)(H,25,28). The molecule has 0 fully saturated rings. The molecule has 0 saturated heterocycles. The third-order valence-electron chi connectivity index (χ3n) is 3.95. The fourth-order valence-electron chi connectivity index (χ4n) is 2.26. The Morgan fingerprint density at radius 2 is 1.67 bits per heavy atom. The third kappa shape index (κ3) is 7.82. The minimum absolute atomic E-state index is 0.0707. The van der Waals surface area contributed by atoms with Gasteiger partial charge in [-0.25, -0.2) is 4.79 Å². The maximum absolute atomic E-state index is 12.7. The van der Waals surface area contributed by atoms with Crippen LogP contribution in [-0.2, 0) is 23.9 Å². The van der Waals surface area contributed by atoms with Gasteiger partial charge in [0.25, 0.3) is 0 Å². The Bertz CT molecular complexity index is 809. The fourth-order valence-corrected chi connectivity index (χ4v) is 2.26. The number of nitrogens with two attached hydrogens (primary N) is 2. The highest BCUT2D eigenvalue weighted by atomic mass is 16.5. The fraction of sp³-hybridized carbons (Fsp3) is 0.400. The summed E-state index contributed by atoms with van der Waals surface area (Å²) in [5.74, 6) is -4.63. The number of nitrogen functional groups attached to an aromatic ring is 2. The van der Waals surface area contributed by atoms with Crippen LogP contribution in [-0.4, -0.2) is 43.4 Å². The predicted molar refractivity (Wildman–Crippen MR) is 114 cm³/mol. The first-order chi connectivity index (χ1) is 14.2. The second kappa shape index (κ2) is 12.1. The molecule has 0 aliphatic carbocycles. The summed E-state index contributed by atoms with van der Waals surface area (Å²) in [5.41, 5.74) is 12.5. The van der Waals surface area contributed by atoms with Crippen LogP contribution in [0.2, 0.25) is 0 Å². The van der Waals surface area contributed by atoms with Crippen LogP contribution in [0.1, 0.15) is 26.7 Å². The molecule has 164 valence electrons. The first-order valence-corrected chi connectivity index (χ1v) is 9.51. The van der Waals surface area contributed by atoms with Gasteiger partial charge in [-0.3, -0.25) is 14.4 Å². The van der Waals surface area contributed by atoms with Gasteiger partial charge < -0.3 is 32.2 Å². The Labute approximate surface area is 175 Å². The number of esters is 1. The molecule has 0 saturated carbocycles. The highest BCUT2D eigenvalue weighted by Gasteiger charge is 2.34. The number of carbonyl (C=O) groups excluding carboxylic acids is 4. The number of carbonyl (C=O) groups is 4. The van der Waals surface area contributed by atoms with Gasteiger partial charge in [-0.1, -0.05) is 19.9 Å². The van der Waals surface area contributed by atoms with Crippen molar-refractivity contribution >= 4 is 40.8 Å². The van der Waals surface area contributed by atoms with Gasteiger partial charge in [0.15, 0.2) is 5.92 Å². The molecule has 0 bridgehead atoms. The van der Waals surface area contributed by atoms with E-state index in [-0.39, 0.29) is 24.4 Å². The molecule has 1 unspecified atom stereocenters. The van der Waals surface area contributed by atoms with Crippen molar-refractivity contribution in [3.63, 3.8) is 0 Å². The van der Waals surface area contributed by atoms with Crippen molar-refractivity contribution in [2.24, 2.45) is 5.92 Å². The molecule has 3 amide bonds. The van der Waals surface area contributed by atoms with Crippen LogP contribution < -0.4 is 27.4 Å². The third-order valence-corrected chi connectivity index (χ3v) is 3.95. The summed E-state index contributed by atoms with van der Waals surface area (Å²) < 4.78 is 4.87. The summed E-state index contributed by atoms with van der Waals surface area (Å²) in [6.07, 6.45) is 1.54. The quantitative estimate of drug-likeness (QED) is 0.115. The average Bonchev–Trinajstić information content (AvgIpc) is 2.68. The maximum Gasteiger partial charge on any atom is 0.333 e. The summed E-state index contributed by atoms with van der Waals surface area (Å²) in [4.78, 5) is 49.0. The molecule has 1 aromatic carbocycles. The molecule has 1 aromatic rings. The minimum Gasteiger partial charge on any atom is -0.460 e. The zero-order valence-corrected chi connectivity index (χ0v) is 17.2. The molecule has 0 aromatic heterocycles. The molecule has 0 heterocycles. The number of benzene rings is 1. The number of anilines is 3. The number of rotatable bonds is 11. The second-order valence-electron chi connectivity index (χ2n) is 6.62. The van der Waals surface area contributed by atoms with E-state index in [9.17, 15) is 19.2 Å². The zero-order valence-electron chi connectivity index (χ0n) is 17.2. The normalized spacial score (nSPS) is 11.1. The van der Waals surface area contributed by atoms with Crippen molar-refractivity contribution in [1.82, 2.24) is 10.6 Å². The number of hydrogen-bond donors (Lipinski definition) is 5. The molecule has 0 aliphatic heterocycles. The molecule has 7 N–H and O–H groups in total. The van der Waals surface area contributed by atoms with Crippen molar-refractivity contribution in [3.05, 3.63) is 30.4 Å². The summed E-state index contributed by atoms with van der Waals surface area (Å²) >= 11 is 0.